The number of nitrogens with one attached hydrogen (secondary N) is 2. The maximum atomic E-state index is 13.7. The summed E-state index contributed by atoms with van der Waals surface area (Å²) in [5.41, 5.74) is 1.58. The van der Waals surface area contributed by atoms with Gasteiger partial charge in [0.05, 0.1) is 17.4 Å². The average molecular weight is 367 g/mol. The molecule has 0 fully saturated rings. The summed E-state index contributed by atoms with van der Waals surface area (Å²) in [4.78, 5) is 16.2. The van der Waals surface area contributed by atoms with Crippen LogP contribution in [0.5, 0.6) is 0 Å². The van der Waals surface area contributed by atoms with E-state index in [1.165, 1.54) is 30.1 Å². The van der Waals surface area contributed by atoms with Crippen molar-refractivity contribution >= 4 is 17.3 Å². The highest BCUT2D eigenvalue weighted by Crippen LogP contribution is 2.23. The predicted molar refractivity (Wildman–Crippen MR) is 101 cm³/mol. The molecule has 0 spiro atoms. The average Bonchev–Trinajstić information content (AvgIpc) is 2.69. The van der Waals surface area contributed by atoms with Gasteiger partial charge in [-0.3, -0.25) is 9.78 Å². The third-order valence-electron chi connectivity index (χ3n) is 4.00. The quantitative estimate of drug-likeness (QED) is 0.606. The Kier molecular flexibility index (Phi) is 6.10. The van der Waals surface area contributed by atoms with Crippen LogP contribution in [0.15, 0.2) is 67.0 Å². The number of benzene rings is 2. The van der Waals surface area contributed by atoms with E-state index in [2.05, 4.69) is 15.6 Å². The topological polar surface area (TPSA) is 54.0 Å². The molecule has 0 radical (unpaired) electrons. The number of nitrogens with zero attached hydrogens (tertiary/aromatic N) is 1. The minimum Gasteiger partial charge on any atom is -0.352 e. The molecule has 6 heteroatoms. The molecule has 0 saturated heterocycles. The second kappa shape index (κ2) is 8.89. The van der Waals surface area contributed by atoms with E-state index in [9.17, 15) is 13.6 Å². The summed E-state index contributed by atoms with van der Waals surface area (Å²) in [6.07, 6.45) is 4.49. The Balaban J connectivity index is 1.57. The van der Waals surface area contributed by atoms with E-state index in [1.807, 2.05) is 30.3 Å². The van der Waals surface area contributed by atoms with Gasteiger partial charge in [0.1, 0.15) is 17.3 Å². The van der Waals surface area contributed by atoms with Crippen LogP contribution in [-0.2, 0) is 6.42 Å². The fourth-order valence-electron chi connectivity index (χ4n) is 2.64. The molecular formula is C21H19F2N3O. The first-order valence-electron chi connectivity index (χ1n) is 8.61. The number of carbonyl (C=O) groups excluding carboxylic acids is 1. The fourth-order valence-corrected chi connectivity index (χ4v) is 2.64. The summed E-state index contributed by atoms with van der Waals surface area (Å²) < 4.78 is 27.5. The Morgan fingerprint density at radius 3 is 2.44 bits per heavy atom. The van der Waals surface area contributed by atoms with E-state index >= 15 is 0 Å². The van der Waals surface area contributed by atoms with Crippen LogP contribution >= 0.6 is 0 Å². The normalized spacial score (nSPS) is 10.4. The molecule has 1 aromatic heterocycles. The SMILES string of the molecule is O=C(NCCCc1ccccc1)c1cncc(Nc2c(F)cccc2F)c1. The lowest BCUT2D eigenvalue weighted by Gasteiger charge is -2.10. The highest BCUT2D eigenvalue weighted by molar-refractivity contribution is 5.94. The highest BCUT2D eigenvalue weighted by Gasteiger charge is 2.11. The van der Waals surface area contributed by atoms with Crippen molar-refractivity contribution in [3.63, 3.8) is 0 Å². The molecule has 1 heterocycles. The molecule has 0 atom stereocenters. The molecule has 0 aliphatic carbocycles. The van der Waals surface area contributed by atoms with Gasteiger partial charge in [0, 0.05) is 12.7 Å². The lowest BCUT2D eigenvalue weighted by molar-refractivity contribution is 0.0953. The molecule has 138 valence electrons. The summed E-state index contributed by atoms with van der Waals surface area (Å²) >= 11 is 0. The van der Waals surface area contributed by atoms with Crippen molar-refractivity contribution in [1.29, 1.82) is 0 Å². The molecule has 3 aromatic rings. The van der Waals surface area contributed by atoms with Crippen molar-refractivity contribution in [2.75, 3.05) is 11.9 Å². The highest BCUT2D eigenvalue weighted by atomic mass is 19.1. The van der Waals surface area contributed by atoms with Crippen molar-refractivity contribution in [2.24, 2.45) is 0 Å². The summed E-state index contributed by atoms with van der Waals surface area (Å²) in [6.45, 7) is 0.521. The molecule has 0 bridgehead atoms. The molecular weight excluding hydrogens is 348 g/mol. The van der Waals surface area contributed by atoms with Crippen molar-refractivity contribution in [3.8, 4) is 0 Å². The number of hydrogen-bond acceptors (Lipinski definition) is 3. The molecule has 27 heavy (non-hydrogen) atoms. The van der Waals surface area contributed by atoms with Crippen molar-refractivity contribution in [2.45, 2.75) is 12.8 Å². The van der Waals surface area contributed by atoms with E-state index in [1.54, 1.807) is 0 Å². The summed E-state index contributed by atoms with van der Waals surface area (Å²) in [7, 11) is 0. The number of amides is 1. The van der Waals surface area contributed by atoms with Crippen LogP contribution in [-0.4, -0.2) is 17.4 Å². The number of aromatic nitrogens is 1. The Morgan fingerprint density at radius 1 is 0.963 bits per heavy atom. The Bertz CT molecular complexity index is 896. The van der Waals surface area contributed by atoms with Gasteiger partial charge in [-0.25, -0.2) is 8.78 Å². The fraction of sp³-hybridized carbons (Fsp3) is 0.143. The molecule has 1 amide bonds. The van der Waals surface area contributed by atoms with E-state index in [0.29, 0.717) is 17.8 Å². The molecule has 3 rings (SSSR count). The second-order valence-electron chi connectivity index (χ2n) is 6.03. The number of pyridine rings is 1. The van der Waals surface area contributed by atoms with Crippen molar-refractivity contribution in [1.82, 2.24) is 10.3 Å². The molecule has 0 aliphatic heterocycles. The Morgan fingerprint density at radius 2 is 1.70 bits per heavy atom. The zero-order valence-electron chi connectivity index (χ0n) is 14.6. The smallest absolute Gasteiger partial charge is 0.252 e. The van der Waals surface area contributed by atoms with Crippen LogP contribution in [0.2, 0.25) is 0 Å². The standard InChI is InChI=1S/C21H19F2N3O/c22-18-9-4-10-19(23)20(18)26-17-12-16(13-24-14-17)21(27)25-11-5-8-15-6-2-1-3-7-15/h1-4,6-7,9-10,12-14,26H,5,8,11H2,(H,25,27). The third kappa shape index (κ3) is 5.10. The van der Waals surface area contributed by atoms with E-state index in [4.69, 9.17) is 0 Å². The summed E-state index contributed by atoms with van der Waals surface area (Å²) in [5.74, 6) is -1.72. The van der Waals surface area contributed by atoms with Crippen LogP contribution in [0.1, 0.15) is 22.3 Å². The van der Waals surface area contributed by atoms with Gasteiger partial charge >= 0.3 is 0 Å². The van der Waals surface area contributed by atoms with Gasteiger partial charge in [-0.2, -0.15) is 0 Å². The minimum absolute atomic E-state index is 0.278. The van der Waals surface area contributed by atoms with Gasteiger partial charge in [0.15, 0.2) is 0 Å². The molecule has 4 nitrogen and oxygen atoms in total. The molecule has 0 unspecified atom stereocenters. The molecule has 2 N–H and O–H groups in total. The van der Waals surface area contributed by atoms with Gasteiger partial charge in [-0.05, 0) is 36.6 Å². The van der Waals surface area contributed by atoms with Crippen LogP contribution < -0.4 is 10.6 Å². The monoisotopic (exact) mass is 367 g/mol. The number of carbonyl (C=O) groups is 1. The van der Waals surface area contributed by atoms with Gasteiger partial charge < -0.3 is 10.6 Å². The number of para-hydroxylation sites is 1. The maximum absolute atomic E-state index is 13.7. The maximum Gasteiger partial charge on any atom is 0.252 e. The van der Waals surface area contributed by atoms with Crippen LogP contribution in [0.4, 0.5) is 20.2 Å². The predicted octanol–water partition coefficient (Wildman–Crippen LogP) is 4.47. The number of hydrogen-bond donors (Lipinski definition) is 2. The van der Waals surface area contributed by atoms with E-state index in [0.717, 1.165) is 25.0 Å². The molecule has 0 aliphatic rings. The van der Waals surface area contributed by atoms with Crippen molar-refractivity contribution < 1.29 is 13.6 Å². The number of aryl methyl sites for hydroxylation is 1. The van der Waals surface area contributed by atoms with Gasteiger partial charge in [-0.1, -0.05) is 36.4 Å². The van der Waals surface area contributed by atoms with Gasteiger partial charge in [0.2, 0.25) is 0 Å². The minimum atomic E-state index is -0.717. The lowest BCUT2D eigenvalue weighted by Crippen LogP contribution is -2.25. The third-order valence-corrected chi connectivity index (χ3v) is 4.00. The van der Waals surface area contributed by atoms with E-state index in [-0.39, 0.29) is 11.6 Å². The lowest BCUT2D eigenvalue weighted by atomic mass is 10.1. The number of anilines is 2. The largest absolute Gasteiger partial charge is 0.352 e. The van der Waals surface area contributed by atoms with Crippen LogP contribution in [0.25, 0.3) is 0 Å². The number of halogens is 2. The molecule has 2 aromatic carbocycles. The zero-order chi connectivity index (χ0) is 19.1. The van der Waals surface area contributed by atoms with Gasteiger partial charge in [-0.15, -0.1) is 0 Å². The van der Waals surface area contributed by atoms with E-state index < -0.39 is 11.6 Å². The van der Waals surface area contributed by atoms with Crippen molar-refractivity contribution in [3.05, 3.63) is 89.8 Å². The second-order valence-corrected chi connectivity index (χ2v) is 6.03. The Labute approximate surface area is 156 Å². The van der Waals surface area contributed by atoms with Crippen LogP contribution in [0, 0.1) is 11.6 Å². The first-order chi connectivity index (χ1) is 13.1. The summed E-state index contributed by atoms with van der Waals surface area (Å²) in [6, 6.07) is 15.1. The Hall–Kier alpha value is -3.28. The van der Waals surface area contributed by atoms with Gasteiger partial charge in [0.25, 0.3) is 5.91 Å². The molecule has 0 saturated carbocycles. The number of rotatable bonds is 7. The first kappa shape index (κ1) is 18.5. The van der Waals surface area contributed by atoms with Crippen LogP contribution in [0.3, 0.4) is 0 Å². The summed E-state index contributed by atoms with van der Waals surface area (Å²) in [5, 5.41) is 5.46. The zero-order valence-corrected chi connectivity index (χ0v) is 14.6. The first-order valence-corrected chi connectivity index (χ1v) is 8.61.